The molecule has 1 N–H and O–H groups in total. The minimum atomic E-state index is -0.0736. The summed E-state index contributed by atoms with van der Waals surface area (Å²) in [5, 5.41) is 5.48. The molecule has 0 aliphatic carbocycles. The van der Waals surface area contributed by atoms with Gasteiger partial charge in [-0.2, -0.15) is 0 Å². The van der Waals surface area contributed by atoms with Crippen LogP contribution in [0, 0.1) is 20.8 Å². The van der Waals surface area contributed by atoms with E-state index in [2.05, 4.69) is 42.3 Å². The average molecular weight is 366 g/mol. The Morgan fingerprint density at radius 1 is 1.08 bits per heavy atom. The molecule has 1 aromatic heterocycles. The smallest absolute Gasteiger partial charge is 0.230 e. The molecule has 5 heteroatoms. The largest absolute Gasteiger partial charge is 0.496 e. The lowest BCUT2D eigenvalue weighted by Gasteiger charge is -2.07. The van der Waals surface area contributed by atoms with Gasteiger partial charge in [0.25, 0.3) is 0 Å². The van der Waals surface area contributed by atoms with Gasteiger partial charge in [0.2, 0.25) is 5.91 Å². The minimum Gasteiger partial charge on any atom is -0.496 e. The van der Waals surface area contributed by atoms with Gasteiger partial charge in [0.1, 0.15) is 5.75 Å². The predicted molar refractivity (Wildman–Crippen MR) is 107 cm³/mol. The number of aryl methyl sites for hydroxylation is 3. The van der Waals surface area contributed by atoms with Crippen LogP contribution in [0.5, 0.6) is 5.75 Å². The molecule has 3 rings (SSSR count). The van der Waals surface area contributed by atoms with Crippen LogP contribution in [-0.2, 0) is 11.2 Å². The van der Waals surface area contributed by atoms with Gasteiger partial charge in [-0.25, -0.2) is 4.98 Å². The van der Waals surface area contributed by atoms with Gasteiger partial charge >= 0.3 is 0 Å². The van der Waals surface area contributed by atoms with Crippen LogP contribution in [0.4, 0.5) is 5.13 Å². The number of rotatable bonds is 5. The van der Waals surface area contributed by atoms with Gasteiger partial charge in [0.15, 0.2) is 5.13 Å². The summed E-state index contributed by atoms with van der Waals surface area (Å²) in [4.78, 5) is 16.9. The van der Waals surface area contributed by atoms with E-state index in [0.29, 0.717) is 11.6 Å². The van der Waals surface area contributed by atoms with Crippen molar-refractivity contribution in [2.75, 3.05) is 12.4 Å². The number of methoxy groups -OCH3 is 1. The molecule has 1 heterocycles. The number of aromatic nitrogens is 1. The van der Waals surface area contributed by atoms with Crippen molar-refractivity contribution < 1.29 is 9.53 Å². The Morgan fingerprint density at radius 3 is 2.58 bits per heavy atom. The quantitative estimate of drug-likeness (QED) is 0.697. The number of hydrogen-bond donors (Lipinski definition) is 1. The molecule has 2 aromatic carbocycles. The molecule has 0 atom stereocenters. The second-order valence-corrected chi connectivity index (χ2v) is 7.22. The van der Waals surface area contributed by atoms with Crippen molar-refractivity contribution in [3.8, 4) is 17.0 Å². The maximum atomic E-state index is 12.3. The van der Waals surface area contributed by atoms with E-state index in [1.165, 1.54) is 22.5 Å². The molecule has 0 saturated carbocycles. The van der Waals surface area contributed by atoms with E-state index in [9.17, 15) is 4.79 Å². The Balaban J connectivity index is 1.67. The van der Waals surface area contributed by atoms with Gasteiger partial charge < -0.3 is 10.1 Å². The molecule has 0 spiro atoms. The van der Waals surface area contributed by atoms with Crippen LogP contribution in [0.25, 0.3) is 11.3 Å². The highest BCUT2D eigenvalue weighted by atomic mass is 32.1. The average Bonchev–Trinajstić information content (AvgIpc) is 3.06. The van der Waals surface area contributed by atoms with Crippen molar-refractivity contribution in [3.63, 3.8) is 0 Å². The van der Waals surface area contributed by atoms with Crippen LogP contribution in [0.2, 0.25) is 0 Å². The number of thiazole rings is 1. The Hall–Kier alpha value is -2.66. The van der Waals surface area contributed by atoms with Crippen LogP contribution in [-0.4, -0.2) is 18.0 Å². The van der Waals surface area contributed by atoms with Gasteiger partial charge in [-0.15, -0.1) is 11.3 Å². The third-order valence-electron chi connectivity index (χ3n) is 4.38. The topological polar surface area (TPSA) is 51.2 Å². The number of benzene rings is 2. The molecule has 26 heavy (non-hydrogen) atoms. The summed E-state index contributed by atoms with van der Waals surface area (Å²) < 4.78 is 5.25. The third-order valence-corrected chi connectivity index (χ3v) is 5.13. The van der Waals surface area contributed by atoms with Crippen molar-refractivity contribution in [3.05, 3.63) is 64.0 Å². The summed E-state index contributed by atoms with van der Waals surface area (Å²) in [5.74, 6) is 0.752. The molecule has 0 aliphatic rings. The molecule has 1 amide bonds. The molecule has 0 aliphatic heterocycles. The third kappa shape index (κ3) is 4.11. The Kier molecular flexibility index (Phi) is 5.38. The Morgan fingerprint density at radius 2 is 1.88 bits per heavy atom. The Bertz CT molecular complexity index is 947. The number of ether oxygens (including phenoxy) is 1. The first-order valence-electron chi connectivity index (χ1n) is 8.43. The molecular weight excluding hydrogens is 344 g/mol. The van der Waals surface area contributed by atoms with E-state index in [0.717, 1.165) is 28.1 Å². The summed E-state index contributed by atoms with van der Waals surface area (Å²) in [7, 11) is 1.64. The molecule has 134 valence electrons. The monoisotopic (exact) mass is 366 g/mol. The minimum absolute atomic E-state index is 0.0736. The number of anilines is 1. The highest BCUT2D eigenvalue weighted by Crippen LogP contribution is 2.26. The van der Waals surface area contributed by atoms with Gasteiger partial charge in [-0.3, -0.25) is 4.79 Å². The molecule has 0 radical (unpaired) electrons. The molecule has 0 saturated heterocycles. The number of nitrogens with one attached hydrogen (secondary N) is 1. The zero-order valence-corrected chi connectivity index (χ0v) is 16.2. The van der Waals surface area contributed by atoms with Crippen molar-refractivity contribution in [1.82, 2.24) is 4.98 Å². The molecule has 0 bridgehead atoms. The van der Waals surface area contributed by atoms with Crippen molar-refractivity contribution in [1.29, 1.82) is 0 Å². The zero-order chi connectivity index (χ0) is 18.7. The summed E-state index contributed by atoms with van der Waals surface area (Å²) in [5.41, 5.74) is 6.41. The lowest BCUT2D eigenvalue weighted by Crippen LogP contribution is -2.14. The van der Waals surface area contributed by atoms with Crippen LogP contribution in [0.1, 0.15) is 22.3 Å². The van der Waals surface area contributed by atoms with Crippen LogP contribution >= 0.6 is 11.3 Å². The first-order valence-corrected chi connectivity index (χ1v) is 9.31. The SMILES string of the molecule is COc1ccc(CC(=O)Nc2nc(-c3ccc(C)c(C)c3)cs2)cc1C. The Labute approximate surface area is 157 Å². The summed E-state index contributed by atoms with van der Waals surface area (Å²) in [6.07, 6.45) is 0.309. The first-order chi connectivity index (χ1) is 12.5. The number of carbonyl (C=O) groups is 1. The maximum absolute atomic E-state index is 12.3. The fourth-order valence-electron chi connectivity index (χ4n) is 2.76. The van der Waals surface area contributed by atoms with Gasteiger partial charge in [0.05, 0.1) is 19.2 Å². The predicted octanol–water partition coefficient (Wildman–Crippen LogP) is 4.93. The molecular formula is C21H22N2O2S. The number of nitrogens with zero attached hydrogens (tertiary/aromatic N) is 1. The zero-order valence-electron chi connectivity index (χ0n) is 15.4. The van der Waals surface area contributed by atoms with Crippen molar-refractivity contribution in [2.45, 2.75) is 27.2 Å². The molecule has 4 nitrogen and oxygen atoms in total. The van der Waals surface area contributed by atoms with Crippen LogP contribution in [0.3, 0.4) is 0 Å². The normalized spacial score (nSPS) is 10.6. The summed E-state index contributed by atoms with van der Waals surface area (Å²) in [6, 6.07) is 12.0. The van der Waals surface area contributed by atoms with E-state index in [4.69, 9.17) is 4.74 Å². The highest BCUT2D eigenvalue weighted by Gasteiger charge is 2.10. The first kappa shape index (κ1) is 18.1. The van der Waals surface area contributed by atoms with E-state index < -0.39 is 0 Å². The number of amides is 1. The van der Waals surface area contributed by atoms with E-state index in [1.54, 1.807) is 7.11 Å². The van der Waals surface area contributed by atoms with Crippen LogP contribution in [0.15, 0.2) is 41.8 Å². The second-order valence-electron chi connectivity index (χ2n) is 6.37. The fraction of sp³-hybridized carbons (Fsp3) is 0.238. The van der Waals surface area contributed by atoms with Crippen molar-refractivity contribution >= 4 is 22.4 Å². The van der Waals surface area contributed by atoms with Crippen LogP contribution < -0.4 is 10.1 Å². The van der Waals surface area contributed by atoms with E-state index >= 15 is 0 Å². The fourth-order valence-corrected chi connectivity index (χ4v) is 3.50. The standard InChI is InChI=1S/C21H22N2O2S/c1-13-5-7-17(10-14(13)2)18-12-26-21(22-18)23-20(24)11-16-6-8-19(25-4)15(3)9-16/h5-10,12H,11H2,1-4H3,(H,22,23,24). The van der Waals surface area contributed by atoms with E-state index in [-0.39, 0.29) is 5.91 Å². The van der Waals surface area contributed by atoms with Gasteiger partial charge in [-0.1, -0.05) is 24.3 Å². The summed E-state index contributed by atoms with van der Waals surface area (Å²) in [6.45, 7) is 6.15. The van der Waals surface area contributed by atoms with Gasteiger partial charge in [0, 0.05) is 10.9 Å². The molecule has 3 aromatic rings. The molecule has 0 unspecified atom stereocenters. The van der Waals surface area contributed by atoms with E-state index in [1.807, 2.05) is 30.5 Å². The number of hydrogen-bond acceptors (Lipinski definition) is 4. The lowest BCUT2D eigenvalue weighted by atomic mass is 10.1. The summed E-state index contributed by atoms with van der Waals surface area (Å²) >= 11 is 1.44. The second kappa shape index (κ2) is 7.70. The van der Waals surface area contributed by atoms with Crippen molar-refractivity contribution in [2.24, 2.45) is 0 Å². The lowest BCUT2D eigenvalue weighted by molar-refractivity contribution is -0.115. The highest BCUT2D eigenvalue weighted by molar-refractivity contribution is 7.14. The maximum Gasteiger partial charge on any atom is 0.230 e. The molecule has 0 fully saturated rings. The van der Waals surface area contributed by atoms with Gasteiger partial charge in [-0.05, 0) is 55.2 Å². The number of carbonyl (C=O) groups excluding carboxylic acids is 1.